The maximum Gasteiger partial charge on any atom is 0.338 e. The summed E-state index contributed by atoms with van der Waals surface area (Å²) in [6.45, 7) is 3.60. The summed E-state index contributed by atoms with van der Waals surface area (Å²) in [4.78, 5) is 27.4. The highest BCUT2D eigenvalue weighted by Crippen LogP contribution is 2.46. The maximum absolute atomic E-state index is 13.1. The molecule has 2 aromatic rings. The summed E-state index contributed by atoms with van der Waals surface area (Å²) >= 11 is 6.77. The van der Waals surface area contributed by atoms with E-state index in [1.54, 1.807) is 32.0 Å². The quantitative estimate of drug-likeness (QED) is 0.520. The molecule has 7 nitrogen and oxygen atoms in total. The number of phenolic OH excluding ortho intramolecular Hbond substituents is 1. The molecule has 2 N–H and O–H groups in total. The predicted molar refractivity (Wildman–Crippen MR) is 120 cm³/mol. The van der Waals surface area contributed by atoms with Crippen molar-refractivity contribution < 1.29 is 24.2 Å². The van der Waals surface area contributed by atoms with Crippen LogP contribution in [0, 0.1) is 0 Å². The number of carbonyl (C=O) groups is 2. The summed E-state index contributed by atoms with van der Waals surface area (Å²) in [5.74, 6) is -0.448. The van der Waals surface area contributed by atoms with Crippen LogP contribution in [0.4, 0.5) is 10.5 Å². The number of allylic oxidation sites excluding steroid dienone is 1. The first-order valence-corrected chi connectivity index (χ1v) is 10.7. The minimum absolute atomic E-state index is 0.0976. The van der Waals surface area contributed by atoms with Gasteiger partial charge in [0.2, 0.25) is 0 Å². The second-order valence-corrected chi connectivity index (χ2v) is 8.00. The number of nitrogens with zero attached hydrogens (tertiary/aromatic N) is 1. The van der Waals surface area contributed by atoms with E-state index in [0.29, 0.717) is 25.9 Å². The number of anilines is 1. The first kappa shape index (κ1) is 22.2. The van der Waals surface area contributed by atoms with Crippen molar-refractivity contribution >= 4 is 49.5 Å². The molecule has 2 aromatic carbocycles. The lowest BCUT2D eigenvalue weighted by atomic mass is 9.94. The van der Waals surface area contributed by atoms with Crippen molar-refractivity contribution in [3.8, 4) is 11.5 Å². The number of hydrogen-bond donors (Lipinski definition) is 2. The fourth-order valence-electron chi connectivity index (χ4n) is 3.31. The van der Waals surface area contributed by atoms with E-state index in [9.17, 15) is 14.7 Å². The molecule has 2 amide bonds. The van der Waals surface area contributed by atoms with Crippen molar-refractivity contribution in [2.75, 3.05) is 18.6 Å². The zero-order chi connectivity index (χ0) is 22.0. The number of urea groups is 1. The van der Waals surface area contributed by atoms with Gasteiger partial charge in [-0.25, -0.2) is 9.59 Å². The normalized spacial score (nSPS) is 16.4. The monoisotopic (exact) mass is 538 g/mol. The largest absolute Gasteiger partial charge is 0.503 e. The average Bonchev–Trinajstić information content (AvgIpc) is 2.73. The highest BCUT2D eigenvalue weighted by atomic mass is 79.9. The molecule has 0 fully saturated rings. The fourth-order valence-corrected chi connectivity index (χ4v) is 4.27. The van der Waals surface area contributed by atoms with Crippen LogP contribution in [0.2, 0.25) is 0 Å². The van der Waals surface area contributed by atoms with E-state index in [4.69, 9.17) is 9.47 Å². The first-order chi connectivity index (χ1) is 14.3. The summed E-state index contributed by atoms with van der Waals surface area (Å²) in [6, 6.07) is 9.37. The second kappa shape index (κ2) is 9.09. The number of para-hydroxylation sites is 1. The lowest BCUT2D eigenvalue weighted by molar-refractivity contribution is -0.139. The van der Waals surface area contributed by atoms with Gasteiger partial charge in [-0.1, -0.05) is 18.2 Å². The highest BCUT2D eigenvalue weighted by Gasteiger charge is 2.38. The topological polar surface area (TPSA) is 88.1 Å². The van der Waals surface area contributed by atoms with Crippen molar-refractivity contribution in [3.63, 3.8) is 0 Å². The summed E-state index contributed by atoms with van der Waals surface area (Å²) in [5.41, 5.74) is 1.88. The molecule has 0 aliphatic carbocycles. The Labute approximate surface area is 190 Å². The number of amides is 2. The van der Waals surface area contributed by atoms with Gasteiger partial charge in [-0.15, -0.1) is 0 Å². The van der Waals surface area contributed by atoms with E-state index in [2.05, 4.69) is 37.2 Å². The zero-order valence-electron chi connectivity index (χ0n) is 16.5. The van der Waals surface area contributed by atoms with Gasteiger partial charge in [-0.3, -0.25) is 4.90 Å². The number of nitrogens with one attached hydrogen (secondary N) is 1. The van der Waals surface area contributed by atoms with Crippen molar-refractivity contribution in [1.29, 1.82) is 0 Å². The highest BCUT2D eigenvalue weighted by molar-refractivity contribution is 9.13. The Hall–Kier alpha value is -2.52. The van der Waals surface area contributed by atoms with E-state index in [1.165, 1.54) is 12.0 Å². The van der Waals surface area contributed by atoms with Crippen LogP contribution in [-0.4, -0.2) is 30.8 Å². The Morgan fingerprint density at radius 3 is 2.50 bits per heavy atom. The summed E-state index contributed by atoms with van der Waals surface area (Å²) < 4.78 is 11.4. The van der Waals surface area contributed by atoms with Gasteiger partial charge in [0.05, 0.1) is 35.5 Å². The Morgan fingerprint density at radius 1 is 1.23 bits per heavy atom. The van der Waals surface area contributed by atoms with E-state index in [-0.39, 0.29) is 23.7 Å². The van der Waals surface area contributed by atoms with Gasteiger partial charge >= 0.3 is 12.0 Å². The van der Waals surface area contributed by atoms with Gasteiger partial charge in [-0.2, -0.15) is 0 Å². The number of ether oxygens (including phenoxy) is 2. The fraction of sp³-hybridized carbons (Fsp3) is 0.238. The molecule has 9 heteroatoms. The van der Waals surface area contributed by atoms with E-state index < -0.39 is 18.0 Å². The molecule has 0 spiro atoms. The molecule has 1 aliphatic heterocycles. The number of rotatable bonds is 5. The third-order valence-corrected chi connectivity index (χ3v) is 6.86. The number of aromatic hydroxyl groups is 1. The van der Waals surface area contributed by atoms with E-state index in [1.807, 2.05) is 18.2 Å². The number of esters is 1. The van der Waals surface area contributed by atoms with Crippen LogP contribution >= 0.6 is 31.9 Å². The van der Waals surface area contributed by atoms with Gasteiger partial charge < -0.3 is 19.9 Å². The third-order valence-electron chi connectivity index (χ3n) is 4.70. The average molecular weight is 540 g/mol. The molecule has 30 heavy (non-hydrogen) atoms. The molecule has 1 unspecified atom stereocenters. The Morgan fingerprint density at radius 2 is 1.90 bits per heavy atom. The Bertz CT molecular complexity index is 1020. The molecule has 0 aromatic heterocycles. The van der Waals surface area contributed by atoms with Gasteiger partial charge in [0.25, 0.3) is 0 Å². The summed E-state index contributed by atoms with van der Waals surface area (Å²) in [7, 11) is 1.42. The van der Waals surface area contributed by atoms with Crippen LogP contribution in [0.1, 0.15) is 25.5 Å². The molecular formula is C21H20Br2N2O5. The van der Waals surface area contributed by atoms with E-state index >= 15 is 0 Å². The number of benzene rings is 2. The number of carbonyl (C=O) groups excluding carboxylic acids is 2. The lowest BCUT2D eigenvalue weighted by Crippen LogP contribution is -2.48. The number of phenols is 1. The van der Waals surface area contributed by atoms with Crippen LogP contribution in [0.25, 0.3) is 0 Å². The van der Waals surface area contributed by atoms with Gasteiger partial charge in [0.1, 0.15) is 0 Å². The zero-order valence-corrected chi connectivity index (χ0v) is 19.7. The predicted octanol–water partition coefficient (Wildman–Crippen LogP) is 5.03. The molecule has 3 rings (SSSR count). The van der Waals surface area contributed by atoms with Gasteiger partial charge in [0.15, 0.2) is 11.5 Å². The third kappa shape index (κ3) is 3.91. The van der Waals surface area contributed by atoms with Crippen molar-refractivity contribution in [3.05, 3.63) is 62.2 Å². The van der Waals surface area contributed by atoms with Crippen LogP contribution in [0.3, 0.4) is 0 Å². The van der Waals surface area contributed by atoms with Crippen LogP contribution in [0.15, 0.2) is 56.6 Å². The summed E-state index contributed by atoms with van der Waals surface area (Å²) in [5, 5.41) is 13.1. The van der Waals surface area contributed by atoms with Crippen molar-refractivity contribution in [2.45, 2.75) is 19.9 Å². The second-order valence-electron chi connectivity index (χ2n) is 6.42. The molecule has 1 aliphatic rings. The molecule has 0 bridgehead atoms. The van der Waals surface area contributed by atoms with Crippen LogP contribution in [0.5, 0.6) is 11.5 Å². The SMILES string of the molecule is CCOC(=O)C1=C(C)N(c2ccccc2)C(=O)NC1c1cc(OC)c(O)c(Br)c1Br. The van der Waals surface area contributed by atoms with Gasteiger partial charge in [0, 0.05) is 10.2 Å². The molecule has 0 saturated heterocycles. The van der Waals surface area contributed by atoms with Gasteiger partial charge in [-0.05, 0) is 69.5 Å². The van der Waals surface area contributed by atoms with E-state index in [0.717, 1.165) is 0 Å². The number of hydrogen-bond acceptors (Lipinski definition) is 5. The smallest absolute Gasteiger partial charge is 0.338 e. The molecule has 0 radical (unpaired) electrons. The van der Waals surface area contributed by atoms with Crippen LogP contribution < -0.4 is 15.0 Å². The Kier molecular flexibility index (Phi) is 6.72. The standard InChI is InChI=1S/C21H20Br2N2O5/c1-4-30-20(27)15-11(2)25(12-8-6-5-7-9-12)21(28)24-18(15)13-10-14(29-3)19(26)17(23)16(13)22/h5-10,18,26H,4H2,1-3H3,(H,24,28). The molecule has 1 atom stereocenters. The van der Waals surface area contributed by atoms with Crippen molar-refractivity contribution in [1.82, 2.24) is 5.32 Å². The molecule has 158 valence electrons. The number of halogens is 2. The lowest BCUT2D eigenvalue weighted by Gasteiger charge is -2.36. The Balaban J connectivity index is 2.23. The molecule has 1 heterocycles. The molecular weight excluding hydrogens is 520 g/mol. The van der Waals surface area contributed by atoms with Crippen molar-refractivity contribution in [2.24, 2.45) is 0 Å². The minimum Gasteiger partial charge on any atom is -0.503 e. The first-order valence-electron chi connectivity index (χ1n) is 9.10. The summed E-state index contributed by atoms with van der Waals surface area (Å²) in [6.07, 6.45) is 0. The number of methoxy groups -OCH3 is 1. The maximum atomic E-state index is 13.1. The van der Waals surface area contributed by atoms with Crippen LogP contribution in [-0.2, 0) is 9.53 Å². The minimum atomic E-state index is -0.823. The molecule has 0 saturated carbocycles.